The lowest BCUT2D eigenvalue weighted by molar-refractivity contribution is -0.384. The number of non-ortho nitro benzene ring substituents is 1. The molecule has 2 heterocycles. The van der Waals surface area contributed by atoms with E-state index in [1.54, 1.807) is 36.7 Å². The van der Waals surface area contributed by atoms with Crippen molar-refractivity contribution in [1.82, 2.24) is 15.0 Å². The van der Waals surface area contributed by atoms with Gasteiger partial charge in [-0.25, -0.2) is 5.43 Å². The van der Waals surface area contributed by atoms with Crippen molar-refractivity contribution < 1.29 is 9.72 Å². The van der Waals surface area contributed by atoms with Crippen LogP contribution in [0.5, 0.6) is 0 Å². The number of nitro groups is 1. The van der Waals surface area contributed by atoms with E-state index in [1.807, 2.05) is 71.3 Å². The summed E-state index contributed by atoms with van der Waals surface area (Å²) >= 11 is 0. The number of amides is 1. The number of carbonyl (C=O) groups excluding carboxylic acids is 1. The van der Waals surface area contributed by atoms with Crippen molar-refractivity contribution in [1.29, 1.82) is 0 Å². The predicted octanol–water partition coefficient (Wildman–Crippen LogP) is 5.88. The molecule has 0 aliphatic rings. The van der Waals surface area contributed by atoms with E-state index >= 15 is 0 Å². The van der Waals surface area contributed by atoms with E-state index in [0.717, 1.165) is 33.8 Å². The first-order valence-electron chi connectivity index (χ1n) is 11.5. The summed E-state index contributed by atoms with van der Waals surface area (Å²) in [4.78, 5) is 27.3. The average Bonchev–Trinajstić information content (AvgIpc) is 3.34. The van der Waals surface area contributed by atoms with E-state index in [0.29, 0.717) is 5.56 Å². The zero-order chi connectivity index (χ0) is 25.6. The first-order valence-corrected chi connectivity index (χ1v) is 11.5. The number of pyridine rings is 1. The minimum absolute atomic E-state index is 0.0123. The lowest BCUT2D eigenvalue weighted by atomic mass is 10.1. The number of nitrogens with one attached hydrogen (secondary N) is 1. The Morgan fingerprint density at radius 2 is 1.57 bits per heavy atom. The highest BCUT2D eigenvalue weighted by Crippen LogP contribution is 2.35. The van der Waals surface area contributed by atoms with Gasteiger partial charge in [0.1, 0.15) is 0 Å². The second-order valence-electron chi connectivity index (χ2n) is 8.12. The summed E-state index contributed by atoms with van der Waals surface area (Å²) in [5.41, 5.74) is 8.05. The van der Waals surface area contributed by atoms with Crippen LogP contribution in [0, 0.1) is 10.1 Å². The van der Waals surface area contributed by atoms with Gasteiger partial charge in [-0.05, 0) is 41.5 Å². The Bertz CT molecular complexity index is 1560. The maximum Gasteiger partial charge on any atom is 0.272 e. The van der Waals surface area contributed by atoms with Gasteiger partial charge in [-0.15, -0.1) is 0 Å². The molecule has 5 aromatic rings. The lowest BCUT2D eigenvalue weighted by Gasteiger charge is -2.15. The van der Waals surface area contributed by atoms with Crippen molar-refractivity contribution >= 4 is 17.8 Å². The van der Waals surface area contributed by atoms with Gasteiger partial charge in [-0.3, -0.25) is 19.9 Å². The maximum absolute atomic E-state index is 12.5. The Morgan fingerprint density at radius 1 is 0.892 bits per heavy atom. The van der Waals surface area contributed by atoms with Crippen molar-refractivity contribution in [3.05, 3.63) is 137 Å². The Morgan fingerprint density at radius 3 is 2.19 bits per heavy atom. The summed E-state index contributed by atoms with van der Waals surface area (Å²) < 4.78 is 2.04. The van der Waals surface area contributed by atoms with Crippen LogP contribution in [0.15, 0.2) is 121 Å². The summed E-state index contributed by atoms with van der Waals surface area (Å²) in [6.45, 7) is 0. The quantitative estimate of drug-likeness (QED) is 0.176. The van der Waals surface area contributed by atoms with Crippen LogP contribution in [-0.4, -0.2) is 26.6 Å². The summed E-state index contributed by atoms with van der Waals surface area (Å²) in [5, 5.41) is 15.5. The minimum atomic E-state index is -0.418. The Balaban J connectivity index is 1.65. The highest BCUT2D eigenvalue weighted by atomic mass is 16.6. The summed E-state index contributed by atoms with van der Waals surface area (Å²) in [5.74, 6) is -0.372. The number of hydrogen-bond donors (Lipinski definition) is 1. The van der Waals surface area contributed by atoms with Gasteiger partial charge in [0.15, 0.2) is 0 Å². The van der Waals surface area contributed by atoms with E-state index in [9.17, 15) is 14.9 Å². The Labute approximate surface area is 212 Å². The smallest absolute Gasteiger partial charge is 0.272 e. The summed E-state index contributed by atoms with van der Waals surface area (Å²) in [7, 11) is 0. The van der Waals surface area contributed by atoms with Crippen molar-refractivity contribution in [2.45, 2.75) is 0 Å². The van der Waals surface area contributed by atoms with Crippen molar-refractivity contribution in [2.75, 3.05) is 0 Å². The molecule has 180 valence electrons. The molecule has 0 bridgehead atoms. The van der Waals surface area contributed by atoms with Crippen LogP contribution in [0.25, 0.3) is 28.2 Å². The van der Waals surface area contributed by atoms with Crippen LogP contribution in [-0.2, 0) is 0 Å². The molecule has 0 unspecified atom stereocenters. The second kappa shape index (κ2) is 10.5. The normalized spacial score (nSPS) is 10.9. The van der Waals surface area contributed by atoms with Gasteiger partial charge in [0.05, 0.1) is 28.1 Å². The number of aromatic nitrogens is 2. The fourth-order valence-corrected chi connectivity index (χ4v) is 4.05. The van der Waals surface area contributed by atoms with Crippen LogP contribution >= 0.6 is 0 Å². The lowest BCUT2D eigenvalue weighted by Crippen LogP contribution is -2.17. The Kier molecular flexibility index (Phi) is 6.63. The number of nitro benzene ring substituents is 1. The molecule has 37 heavy (non-hydrogen) atoms. The van der Waals surface area contributed by atoms with Gasteiger partial charge in [0.25, 0.3) is 11.6 Å². The molecule has 0 saturated carbocycles. The highest BCUT2D eigenvalue weighted by molar-refractivity contribution is 5.96. The molecule has 0 spiro atoms. The molecular weight excluding hydrogens is 466 g/mol. The number of benzene rings is 3. The number of hydrazone groups is 1. The topological polar surface area (TPSA) is 102 Å². The first kappa shape index (κ1) is 23.4. The molecule has 0 radical (unpaired) electrons. The second-order valence-corrected chi connectivity index (χ2v) is 8.12. The molecule has 0 aliphatic heterocycles. The maximum atomic E-state index is 12.5. The molecule has 2 aromatic heterocycles. The molecule has 0 aliphatic carbocycles. The largest absolute Gasteiger partial charge is 0.309 e. The molecule has 1 amide bonds. The number of rotatable bonds is 7. The van der Waals surface area contributed by atoms with Crippen molar-refractivity contribution in [3.63, 3.8) is 0 Å². The molecule has 8 nitrogen and oxygen atoms in total. The summed E-state index contributed by atoms with van der Waals surface area (Å²) in [6, 6.07) is 31.4. The molecule has 0 atom stereocenters. The monoisotopic (exact) mass is 487 g/mol. The third-order valence-electron chi connectivity index (χ3n) is 5.76. The van der Waals surface area contributed by atoms with Crippen LogP contribution in [0.4, 0.5) is 5.69 Å². The summed E-state index contributed by atoms with van der Waals surface area (Å²) in [6.07, 6.45) is 4.67. The molecular formula is C29H21N5O3. The molecule has 0 fully saturated rings. The number of nitrogens with zero attached hydrogens (tertiary/aromatic N) is 4. The minimum Gasteiger partial charge on any atom is -0.309 e. The number of hydrogen-bond acceptors (Lipinski definition) is 5. The van der Waals surface area contributed by atoms with E-state index in [-0.39, 0.29) is 11.6 Å². The third kappa shape index (κ3) is 5.03. The molecule has 8 heteroatoms. The molecule has 0 saturated heterocycles. The van der Waals surface area contributed by atoms with Gasteiger partial charge in [0, 0.05) is 35.8 Å². The van der Waals surface area contributed by atoms with Gasteiger partial charge in [-0.1, -0.05) is 60.7 Å². The standard InChI is InChI=1S/C29H21N5O3/c35-29(23-12-7-17-30-19-23)32-31-20-24-18-27(21-8-3-1-4-9-21)33(28(24)22-10-5-2-6-11-22)25-13-15-26(16-14-25)34(36)37/h1-20H,(H,32,35). The van der Waals surface area contributed by atoms with E-state index < -0.39 is 4.92 Å². The SMILES string of the molecule is O=C(NN=Cc1cc(-c2ccccc2)n(-c2ccc([N+](=O)[O-])cc2)c1-c1ccccc1)c1cccnc1. The van der Waals surface area contributed by atoms with E-state index in [2.05, 4.69) is 15.5 Å². The fraction of sp³-hybridized carbons (Fsp3) is 0. The molecule has 5 rings (SSSR count). The predicted molar refractivity (Wildman–Crippen MR) is 143 cm³/mol. The van der Waals surface area contributed by atoms with Crippen LogP contribution in [0.3, 0.4) is 0 Å². The van der Waals surface area contributed by atoms with E-state index in [1.165, 1.54) is 18.3 Å². The van der Waals surface area contributed by atoms with Crippen LogP contribution in [0.1, 0.15) is 15.9 Å². The van der Waals surface area contributed by atoms with Gasteiger partial charge in [-0.2, -0.15) is 5.10 Å². The fourth-order valence-electron chi connectivity index (χ4n) is 4.05. The first-order chi connectivity index (χ1) is 18.1. The zero-order valence-electron chi connectivity index (χ0n) is 19.6. The highest BCUT2D eigenvalue weighted by Gasteiger charge is 2.19. The number of carbonyl (C=O) groups is 1. The van der Waals surface area contributed by atoms with E-state index in [4.69, 9.17) is 0 Å². The van der Waals surface area contributed by atoms with Gasteiger partial charge in [0.2, 0.25) is 0 Å². The van der Waals surface area contributed by atoms with Crippen molar-refractivity contribution in [2.24, 2.45) is 5.10 Å². The van der Waals surface area contributed by atoms with Crippen molar-refractivity contribution in [3.8, 4) is 28.2 Å². The molecule has 1 N–H and O–H groups in total. The Hall–Kier alpha value is -5.37. The van der Waals surface area contributed by atoms with Crippen LogP contribution in [0.2, 0.25) is 0 Å². The van der Waals surface area contributed by atoms with Gasteiger partial charge >= 0.3 is 0 Å². The van der Waals surface area contributed by atoms with Crippen LogP contribution < -0.4 is 5.43 Å². The zero-order valence-corrected chi connectivity index (χ0v) is 19.6. The third-order valence-corrected chi connectivity index (χ3v) is 5.76. The van der Waals surface area contributed by atoms with Gasteiger partial charge < -0.3 is 4.57 Å². The molecule has 3 aromatic carbocycles. The average molecular weight is 488 g/mol.